The van der Waals surface area contributed by atoms with Gasteiger partial charge in [0.2, 0.25) is 5.91 Å². The highest BCUT2D eigenvalue weighted by Crippen LogP contribution is 2.28. The van der Waals surface area contributed by atoms with Gasteiger partial charge in [-0.15, -0.1) is 10.2 Å². The van der Waals surface area contributed by atoms with Crippen LogP contribution in [0.2, 0.25) is 5.02 Å². The van der Waals surface area contributed by atoms with E-state index in [1.54, 1.807) is 0 Å². The molecule has 0 saturated heterocycles. The van der Waals surface area contributed by atoms with Gasteiger partial charge in [-0.25, -0.2) is 0 Å². The zero-order chi connectivity index (χ0) is 22.3. The van der Waals surface area contributed by atoms with Crippen LogP contribution in [0.4, 0.5) is 0 Å². The lowest BCUT2D eigenvalue weighted by Crippen LogP contribution is -2.30. The molecule has 0 saturated carbocycles. The maximum Gasteiger partial charge on any atom is 0.233 e. The Labute approximate surface area is 196 Å². The number of rotatable bonds is 8. The number of aromatic nitrogens is 3. The molecule has 4 rings (SSSR count). The SMILES string of the molecule is CC(Sc1nnc(-c2ccc(Cl)cc2)n1Cc1ccccc1)C(=O)NCc1ccccc1. The summed E-state index contributed by atoms with van der Waals surface area (Å²) in [4.78, 5) is 12.7. The van der Waals surface area contributed by atoms with E-state index in [0.29, 0.717) is 23.3 Å². The molecular formula is C25H23ClN4OS. The number of amides is 1. The highest BCUT2D eigenvalue weighted by Gasteiger charge is 2.21. The number of carbonyl (C=O) groups excluding carboxylic acids is 1. The Hall–Kier alpha value is -3.09. The quantitative estimate of drug-likeness (QED) is 0.354. The molecule has 1 heterocycles. The van der Waals surface area contributed by atoms with E-state index in [1.165, 1.54) is 11.8 Å². The summed E-state index contributed by atoms with van der Waals surface area (Å²) in [7, 11) is 0. The van der Waals surface area contributed by atoms with E-state index in [4.69, 9.17) is 11.6 Å². The van der Waals surface area contributed by atoms with E-state index < -0.39 is 0 Å². The molecule has 5 nitrogen and oxygen atoms in total. The minimum atomic E-state index is -0.324. The van der Waals surface area contributed by atoms with Crippen LogP contribution in [0.5, 0.6) is 0 Å². The van der Waals surface area contributed by atoms with E-state index in [0.717, 1.165) is 22.5 Å². The van der Waals surface area contributed by atoms with Gasteiger partial charge < -0.3 is 5.32 Å². The van der Waals surface area contributed by atoms with Crippen LogP contribution < -0.4 is 5.32 Å². The van der Waals surface area contributed by atoms with Crippen LogP contribution in [-0.2, 0) is 17.9 Å². The second kappa shape index (κ2) is 10.5. The molecule has 7 heteroatoms. The monoisotopic (exact) mass is 462 g/mol. The number of carbonyl (C=O) groups is 1. The molecule has 1 unspecified atom stereocenters. The van der Waals surface area contributed by atoms with E-state index in [-0.39, 0.29) is 11.2 Å². The summed E-state index contributed by atoms with van der Waals surface area (Å²) in [5.74, 6) is 0.700. The predicted molar refractivity (Wildman–Crippen MR) is 130 cm³/mol. The van der Waals surface area contributed by atoms with E-state index >= 15 is 0 Å². The minimum Gasteiger partial charge on any atom is -0.351 e. The Bertz CT molecular complexity index is 1160. The highest BCUT2D eigenvalue weighted by molar-refractivity contribution is 8.00. The van der Waals surface area contributed by atoms with Crippen LogP contribution in [0.15, 0.2) is 90.1 Å². The zero-order valence-electron chi connectivity index (χ0n) is 17.6. The van der Waals surface area contributed by atoms with Crippen molar-refractivity contribution >= 4 is 29.3 Å². The summed E-state index contributed by atoms with van der Waals surface area (Å²) in [5, 5.41) is 12.9. The number of nitrogens with one attached hydrogen (secondary N) is 1. The molecule has 4 aromatic rings. The molecule has 162 valence electrons. The molecule has 1 amide bonds. The molecule has 0 aliphatic heterocycles. The molecule has 0 fully saturated rings. The first kappa shape index (κ1) is 22.1. The van der Waals surface area contributed by atoms with Crippen molar-refractivity contribution in [3.05, 3.63) is 101 Å². The molecule has 0 bridgehead atoms. The maximum atomic E-state index is 12.7. The van der Waals surface area contributed by atoms with Gasteiger partial charge in [0.15, 0.2) is 11.0 Å². The van der Waals surface area contributed by atoms with Crippen molar-refractivity contribution in [1.82, 2.24) is 20.1 Å². The van der Waals surface area contributed by atoms with Crippen molar-refractivity contribution in [2.24, 2.45) is 0 Å². The molecule has 1 atom stereocenters. The summed E-state index contributed by atoms with van der Waals surface area (Å²) >= 11 is 7.46. The Morgan fingerprint density at radius 1 is 0.938 bits per heavy atom. The Morgan fingerprint density at radius 3 is 2.22 bits per heavy atom. The van der Waals surface area contributed by atoms with Gasteiger partial charge in [-0.1, -0.05) is 84.0 Å². The van der Waals surface area contributed by atoms with Crippen LogP contribution in [-0.4, -0.2) is 25.9 Å². The van der Waals surface area contributed by atoms with Crippen molar-refractivity contribution in [2.45, 2.75) is 30.4 Å². The maximum absolute atomic E-state index is 12.7. The number of hydrogen-bond acceptors (Lipinski definition) is 4. The number of benzene rings is 3. The minimum absolute atomic E-state index is 0.0406. The first-order valence-electron chi connectivity index (χ1n) is 10.3. The average Bonchev–Trinajstić information content (AvgIpc) is 3.21. The number of halogens is 1. The van der Waals surface area contributed by atoms with E-state index in [9.17, 15) is 4.79 Å². The first-order valence-corrected chi connectivity index (χ1v) is 11.6. The van der Waals surface area contributed by atoms with Crippen molar-refractivity contribution in [2.75, 3.05) is 0 Å². The van der Waals surface area contributed by atoms with Crippen molar-refractivity contribution in [3.8, 4) is 11.4 Å². The topological polar surface area (TPSA) is 59.8 Å². The van der Waals surface area contributed by atoms with Crippen LogP contribution in [0.1, 0.15) is 18.1 Å². The largest absolute Gasteiger partial charge is 0.351 e. The fraction of sp³-hybridized carbons (Fsp3) is 0.160. The smallest absolute Gasteiger partial charge is 0.233 e. The number of nitrogens with zero attached hydrogens (tertiary/aromatic N) is 3. The number of thioether (sulfide) groups is 1. The molecule has 1 N–H and O–H groups in total. The van der Waals surface area contributed by atoms with Crippen LogP contribution in [0, 0.1) is 0 Å². The molecule has 0 spiro atoms. The van der Waals surface area contributed by atoms with E-state index in [2.05, 4.69) is 27.6 Å². The van der Waals surface area contributed by atoms with Gasteiger partial charge in [-0.3, -0.25) is 9.36 Å². The fourth-order valence-electron chi connectivity index (χ4n) is 3.24. The highest BCUT2D eigenvalue weighted by atomic mass is 35.5. The van der Waals surface area contributed by atoms with Gasteiger partial charge in [0.05, 0.1) is 11.8 Å². The summed E-state index contributed by atoms with van der Waals surface area (Å²) in [6.07, 6.45) is 0. The third-order valence-corrected chi connectivity index (χ3v) is 6.30. The number of hydrogen-bond donors (Lipinski definition) is 1. The van der Waals surface area contributed by atoms with Gasteiger partial charge >= 0.3 is 0 Å². The normalized spacial score (nSPS) is 11.8. The summed E-state index contributed by atoms with van der Waals surface area (Å²) in [6, 6.07) is 27.5. The molecule has 0 radical (unpaired) electrons. The summed E-state index contributed by atoms with van der Waals surface area (Å²) in [6.45, 7) is 2.98. The summed E-state index contributed by atoms with van der Waals surface area (Å²) < 4.78 is 2.05. The van der Waals surface area contributed by atoms with Gasteiger partial charge in [0.25, 0.3) is 0 Å². The Morgan fingerprint density at radius 2 is 1.56 bits per heavy atom. The molecule has 0 aliphatic carbocycles. The first-order chi connectivity index (χ1) is 15.6. The molecular weight excluding hydrogens is 440 g/mol. The fourth-order valence-corrected chi connectivity index (χ4v) is 4.24. The summed E-state index contributed by atoms with van der Waals surface area (Å²) in [5.41, 5.74) is 3.12. The van der Waals surface area contributed by atoms with Gasteiger partial charge in [0, 0.05) is 17.1 Å². The van der Waals surface area contributed by atoms with Crippen LogP contribution in [0.25, 0.3) is 11.4 Å². The third kappa shape index (κ3) is 5.58. The molecule has 0 aliphatic rings. The lowest BCUT2D eigenvalue weighted by atomic mass is 10.2. The third-order valence-electron chi connectivity index (χ3n) is 4.96. The second-order valence-corrected chi connectivity index (χ2v) is 9.09. The van der Waals surface area contributed by atoms with E-state index in [1.807, 2.05) is 84.3 Å². The van der Waals surface area contributed by atoms with Gasteiger partial charge in [-0.05, 0) is 42.3 Å². The van der Waals surface area contributed by atoms with Crippen molar-refractivity contribution < 1.29 is 4.79 Å². The second-order valence-electron chi connectivity index (χ2n) is 7.35. The van der Waals surface area contributed by atoms with Crippen molar-refractivity contribution in [3.63, 3.8) is 0 Å². The lowest BCUT2D eigenvalue weighted by Gasteiger charge is -2.14. The Kier molecular flexibility index (Phi) is 7.24. The average molecular weight is 463 g/mol. The Balaban J connectivity index is 1.54. The van der Waals surface area contributed by atoms with Crippen molar-refractivity contribution in [1.29, 1.82) is 0 Å². The molecule has 1 aromatic heterocycles. The molecule has 32 heavy (non-hydrogen) atoms. The standard InChI is InChI=1S/C25H23ClN4OS/c1-18(24(31)27-16-19-8-4-2-5-9-19)32-25-29-28-23(21-12-14-22(26)15-13-21)30(25)17-20-10-6-3-7-11-20/h2-15,18H,16-17H2,1H3,(H,27,31). The predicted octanol–water partition coefficient (Wildman–Crippen LogP) is 5.44. The molecule has 3 aromatic carbocycles. The van der Waals surface area contributed by atoms with Gasteiger partial charge in [-0.2, -0.15) is 0 Å². The van der Waals surface area contributed by atoms with Gasteiger partial charge in [0.1, 0.15) is 0 Å². The van der Waals surface area contributed by atoms with Crippen LogP contribution in [0.3, 0.4) is 0 Å². The zero-order valence-corrected chi connectivity index (χ0v) is 19.2. The lowest BCUT2D eigenvalue weighted by molar-refractivity contribution is -0.120. The van der Waals surface area contributed by atoms with Crippen LogP contribution >= 0.6 is 23.4 Å².